The topological polar surface area (TPSA) is 83.6 Å². The summed E-state index contributed by atoms with van der Waals surface area (Å²) in [5.74, 6) is -0.341. The van der Waals surface area contributed by atoms with E-state index in [2.05, 4.69) is 20.5 Å². The van der Waals surface area contributed by atoms with Gasteiger partial charge in [-0.25, -0.2) is 4.98 Å². The van der Waals surface area contributed by atoms with E-state index in [1.807, 2.05) is 0 Å². The number of ether oxygens (including phenoxy) is 1. The third kappa shape index (κ3) is 6.28. The maximum atomic E-state index is 12.2. The van der Waals surface area contributed by atoms with E-state index in [-0.39, 0.29) is 18.2 Å². The molecule has 1 fully saturated rings. The van der Waals surface area contributed by atoms with Gasteiger partial charge in [0.1, 0.15) is 0 Å². The minimum absolute atomic E-state index is 0.0795. The molecule has 2 heterocycles. The molecule has 3 rings (SSSR count). The minimum atomic E-state index is -0.262. The molecule has 9 heteroatoms. The molecule has 1 aliphatic heterocycles. The Labute approximate surface area is 166 Å². The average Bonchev–Trinajstić information content (AvgIpc) is 3.09. The zero-order valence-electron chi connectivity index (χ0n) is 14.7. The van der Waals surface area contributed by atoms with Gasteiger partial charge in [-0.2, -0.15) is 0 Å². The van der Waals surface area contributed by atoms with Crippen molar-refractivity contribution in [3.05, 3.63) is 45.9 Å². The molecule has 0 bridgehead atoms. The van der Waals surface area contributed by atoms with Crippen LogP contribution in [0.15, 0.2) is 29.6 Å². The van der Waals surface area contributed by atoms with Gasteiger partial charge >= 0.3 is 0 Å². The predicted octanol–water partition coefficient (Wildman–Crippen LogP) is 2.04. The number of benzene rings is 1. The van der Waals surface area contributed by atoms with E-state index in [0.29, 0.717) is 28.0 Å². The van der Waals surface area contributed by atoms with E-state index in [9.17, 15) is 9.59 Å². The molecule has 0 saturated carbocycles. The monoisotopic (exact) mass is 408 g/mol. The van der Waals surface area contributed by atoms with Crippen LogP contribution in [0.5, 0.6) is 0 Å². The third-order valence-electron chi connectivity index (χ3n) is 4.07. The van der Waals surface area contributed by atoms with E-state index in [1.54, 1.807) is 29.6 Å². The van der Waals surface area contributed by atoms with Gasteiger partial charge < -0.3 is 10.1 Å². The Morgan fingerprint density at radius 2 is 1.96 bits per heavy atom. The Kier molecular flexibility index (Phi) is 7.17. The number of anilines is 1. The first-order valence-electron chi connectivity index (χ1n) is 8.68. The van der Waals surface area contributed by atoms with Crippen molar-refractivity contribution in [3.63, 3.8) is 0 Å². The lowest BCUT2D eigenvalue weighted by molar-refractivity contribution is -0.120. The number of amides is 2. The largest absolute Gasteiger partial charge is 0.379 e. The van der Waals surface area contributed by atoms with Gasteiger partial charge in [-0.3, -0.25) is 19.8 Å². The lowest BCUT2D eigenvalue weighted by Gasteiger charge is -2.26. The van der Waals surface area contributed by atoms with Gasteiger partial charge in [-0.15, -0.1) is 11.3 Å². The first-order chi connectivity index (χ1) is 13.1. The third-order valence-corrected chi connectivity index (χ3v) is 5.13. The van der Waals surface area contributed by atoms with Crippen molar-refractivity contribution in [2.75, 3.05) is 44.7 Å². The fourth-order valence-corrected chi connectivity index (χ4v) is 3.45. The van der Waals surface area contributed by atoms with Gasteiger partial charge in [-0.1, -0.05) is 11.6 Å². The highest BCUT2D eigenvalue weighted by atomic mass is 35.5. The van der Waals surface area contributed by atoms with Gasteiger partial charge in [0.15, 0.2) is 5.13 Å². The minimum Gasteiger partial charge on any atom is -0.379 e. The summed E-state index contributed by atoms with van der Waals surface area (Å²) in [7, 11) is 0. The molecule has 0 spiro atoms. The molecule has 0 aliphatic carbocycles. The van der Waals surface area contributed by atoms with E-state index < -0.39 is 0 Å². The van der Waals surface area contributed by atoms with Gasteiger partial charge in [0.05, 0.1) is 25.3 Å². The zero-order chi connectivity index (χ0) is 19.1. The Hall–Kier alpha value is -2.00. The molecule has 1 saturated heterocycles. The zero-order valence-corrected chi connectivity index (χ0v) is 16.3. The smallest absolute Gasteiger partial charge is 0.257 e. The standard InChI is InChI=1S/C18H21ClN4O3S/c19-14-3-1-13(2-4-14)17(25)22-18-21-15(12-27-18)11-16(24)20-5-6-23-7-9-26-10-8-23/h1-4,12H,5-11H2,(H,20,24)(H,21,22,25). The van der Waals surface area contributed by atoms with Crippen molar-refractivity contribution in [2.45, 2.75) is 6.42 Å². The average molecular weight is 409 g/mol. The van der Waals surface area contributed by atoms with Crippen LogP contribution in [0.25, 0.3) is 0 Å². The van der Waals surface area contributed by atoms with Crippen LogP contribution in [-0.2, 0) is 16.0 Å². The number of carbonyl (C=O) groups excluding carboxylic acids is 2. The number of hydrogen-bond acceptors (Lipinski definition) is 6. The number of nitrogens with zero attached hydrogens (tertiary/aromatic N) is 2. The van der Waals surface area contributed by atoms with Crippen molar-refractivity contribution in [2.24, 2.45) is 0 Å². The van der Waals surface area contributed by atoms with Crippen LogP contribution in [0.3, 0.4) is 0 Å². The highest BCUT2D eigenvalue weighted by Crippen LogP contribution is 2.17. The van der Waals surface area contributed by atoms with Crippen LogP contribution in [0, 0.1) is 0 Å². The summed E-state index contributed by atoms with van der Waals surface area (Å²) in [6, 6.07) is 6.61. The van der Waals surface area contributed by atoms with Crippen molar-refractivity contribution >= 4 is 39.9 Å². The molecule has 1 aliphatic rings. The number of carbonyl (C=O) groups is 2. The normalized spacial score (nSPS) is 14.7. The molecule has 27 heavy (non-hydrogen) atoms. The quantitative estimate of drug-likeness (QED) is 0.732. The molecule has 2 N–H and O–H groups in total. The number of rotatable bonds is 7. The van der Waals surface area contributed by atoms with Gasteiger partial charge in [-0.05, 0) is 24.3 Å². The number of hydrogen-bond donors (Lipinski definition) is 2. The number of nitrogens with one attached hydrogen (secondary N) is 2. The summed E-state index contributed by atoms with van der Waals surface area (Å²) >= 11 is 7.11. The lowest BCUT2D eigenvalue weighted by atomic mass is 10.2. The van der Waals surface area contributed by atoms with Gasteiger partial charge in [0.2, 0.25) is 5.91 Å². The Balaban J connectivity index is 1.42. The van der Waals surface area contributed by atoms with Crippen molar-refractivity contribution in [3.8, 4) is 0 Å². The fourth-order valence-electron chi connectivity index (χ4n) is 2.62. The van der Waals surface area contributed by atoms with E-state index in [1.165, 1.54) is 11.3 Å². The Bertz CT molecular complexity index is 775. The van der Waals surface area contributed by atoms with E-state index >= 15 is 0 Å². The summed E-state index contributed by atoms with van der Waals surface area (Å²) in [6.45, 7) is 4.71. The van der Waals surface area contributed by atoms with Crippen LogP contribution in [-0.4, -0.2) is 61.1 Å². The molecule has 0 radical (unpaired) electrons. The van der Waals surface area contributed by atoms with Gasteiger partial charge in [0.25, 0.3) is 5.91 Å². The lowest BCUT2D eigenvalue weighted by Crippen LogP contribution is -2.41. The number of thiazole rings is 1. The van der Waals surface area contributed by atoms with Crippen LogP contribution in [0.4, 0.5) is 5.13 Å². The predicted molar refractivity (Wildman–Crippen MR) is 105 cm³/mol. The maximum absolute atomic E-state index is 12.2. The van der Waals surface area contributed by atoms with Crippen molar-refractivity contribution in [1.82, 2.24) is 15.2 Å². The second kappa shape index (κ2) is 9.80. The molecule has 7 nitrogen and oxygen atoms in total. The number of aromatic nitrogens is 1. The summed E-state index contributed by atoms with van der Waals surface area (Å²) in [4.78, 5) is 30.8. The second-order valence-corrected chi connectivity index (χ2v) is 7.38. The summed E-state index contributed by atoms with van der Waals surface area (Å²) in [5, 5.41) is 8.45. The number of morpholine rings is 1. The highest BCUT2D eigenvalue weighted by Gasteiger charge is 2.13. The molecule has 1 aromatic heterocycles. The molecule has 2 aromatic rings. The maximum Gasteiger partial charge on any atom is 0.257 e. The van der Waals surface area contributed by atoms with Crippen molar-refractivity contribution in [1.29, 1.82) is 0 Å². The molecule has 0 atom stereocenters. The molecular weight excluding hydrogens is 388 g/mol. The molecule has 0 unspecified atom stereocenters. The van der Waals surface area contributed by atoms with Gasteiger partial charge in [0, 0.05) is 42.1 Å². The fraction of sp³-hybridized carbons (Fsp3) is 0.389. The van der Waals surface area contributed by atoms with Crippen LogP contribution < -0.4 is 10.6 Å². The first kappa shape index (κ1) is 19.8. The highest BCUT2D eigenvalue weighted by molar-refractivity contribution is 7.14. The van der Waals surface area contributed by atoms with Crippen LogP contribution in [0.1, 0.15) is 16.1 Å². The van der Waals surface area contributed by atoms with E-state index in [4.69, 9.17) is 16.3 Å². The number of halogens is 1. The second-order valence-electron chi connectivity index (χ2n) is 6.09. The van der Waals surface area contributed by atoms with Crippen LogP contribution >= 0.6 is 22.9 Å². The van der Waals surface area contributed by atoms with Crippen molar-refractivity contribution < 1.29 is 14.3 Å². The van der Waals surface area contributed by atoms with Crippen LogP contribution in [0.2, 0.25) is 5.02 Å². The first-order valence-corrected chi connectivity index (χ1v) is 9.94. The molecule has 144 valence electrons. The summed E-state index contributed by atoms with van der Waals surface area (Å²) in [5.41, 5.74) is 1.13. The Morgan fingerprint density at radius 1 is 1.22 bits per heavy atom. The molecule has 2 amide bonds. The van der Waals surface area contributed by atoms with E-state index in [0.717, 1.165) is 32.8 Å². The Morgan fingerprint density at radius 3 is 2.70 bits per heavy atom. The molecular formula is C18H21ClN4O3S. The molecule has 1 aromatic carbocycles. The summed E-state index contributed by atoms with van der Waals surface area (Å²) in [6.07, 6.45) is 0.191. The SMILES string of the molecule is O=C(Cc1csc(NC(=O)c2ccc(Cl)cc2)n1)NCCN1CCOCC1. The summed E-state index contributed by atoms with van der Waals surface area (Å²) < 4.78 is 5.30.